The van der Waals surface area contributed by atoms with Crippen molar-refractivity contribution < 1.29 is 9.72 Å². The normalized spacial score (nSPS) is 21.0. The Labute approximate surface area is 122 Å². The van der Waals surface area contributed by atoms with E-state index in [4.69, 9.17) is 0 Å². The monoisotopic (exact) mass is 291 g/mol. The molecule has 2 atom stereocenters. The molecule has 1 aromatic rings. The molecular weight excluding hydrogens is 274 g/mol. The van der Waals surface area contributed by atoms with Crippen LogP contribution in [0.15, 0.2) is 36.4 Å². The van der Waals surface area contributed by atoms with Gasteiger partial charge >= 0.3 is 0 Å². The number of benzene rings is 1. The minimum absolute atomic E-state index is 0.160. The molecule has 0 amide bonds. The summed E-state index contributed by atoms with van der Waals surface area (Å²) in [5.41, 5.74) is 0.997. The second kappa shape index (κ2) is 7.24. The summed E-state index contributed by atoms with van der Waals surface area (Å²) >= 11 is 1.71. The zero-order chi connectivity index (χ0) is 14.4. The van der Waals surface area contributed by atoms with Gasteiger partial charge in [-0.05, 0) is 5.56 Å². The summed E-state index contributed by atoms with van der Waals surface area (Å²) in [5, 5.41) is 10.8. The van der Waals surface area contributed by atoms with Gasteiger partial charge in [-0.2, -0.15) is 11.8 Å². The smallest absolute Gasteiger partial charge is 0.210 e. The Kier molecular flexibility index (Phi) is 5.35. The maximum atomic E-state index is 12.0. The molecule has 0 unspecified atom stereocenters. The zero-order valence-electron chi connectivity index (χ0n) is 11.1. The number of carbonyl (C=O) groups is 1. The minimum Gasteiger partial charge on any atom is -0.299 e. The quantitative estimate of drug-likeness (QED) is 0.618. The first-order valence-corrected chi connectivity index (χ1v) is 7.78. The number of Topliss-reactive ketones (excluding diaryl/α,β-unsaturated/α-hetero) is 1. The Balaban J connectivity index is 2.12. The van der Waals surface area contributed by atoms with E-state index in [1.54, 1.807) is 11.8 Å². The van der Waals surface area contributed by atoms with Gasteiger partial charge in [0.05, 0.1) is 5.92 Å². The van der Waals surface area contributed by atoms with Gasteiger partial charge in [0.15, 0.2) is 0 Å². The molecule has 0 aliphatic carbocycles. The van der Waals surface area contributed by atoms with Gasteiger partial charge in [0.1, 0.15) is 5.78 Å². The van der Waals surface area contributed by atoms with E-state index in [2.05, 4.69) is 0 Å². The second-order valence-corrected chi connectivity index (χ2v) is 6.00. The van der Waals surface area contributed by atoms with Crippen molar-refractivity contribution in [1.82, 2.24) is 0 Å². The highest BCUT2D eigenvalue weighted by atomic mass is 32.2. The van der Waals surface area contributed by atoms with Gasteiger partial charge < -0.3 is 0 Å². The lowest BCUT2D eigenvalue weighted by Crippen LogP contribution is -2.32. The third-order valence-electron chi connectivity index (χ3n) is 3.42. The lowest BCUT2D eigenvalue weighted by molar-refractivity contribution is -0.486. The van der Waals surface area contributed by atoms with Crippen LogP contribution in [0.5, 0.6) is 0 Å². The summed E-state index contributed by atoms with van der Waals surface area (Å²) in [7, 11) is 0. The van der Waals surface area contributed by atoms with Crippen LogP contribution in [-0.2, 0) is 4.79 Å². The molecule has 0 aromatic heterocycles. The summed E-state index contributed by atoms with van der Waals surface area (Å²) < 4.78 is 0. The predicted octanol–water partition coefficient (Wildman–Crippen LogP) is 2.91. The number of rotatable bonds is 5. The summed E-state index contributed by atoms with van der Waals surface area (Å²) in [6.45, 7) is -0.180. The van der Waals surface area contributed by atoms with E-state index in [0.29, 0.717) is 12.2 Å². The first-order valence-electron chi connectivity index (χ1n) is 6.62. The summed E-state index contributed by atoms with van der Waals surface area (Å²) in [4.78, 5) is 22.5. The Morgan fingerprint density at radius 3 is 2.80 bits per heavy atom. The van der Waals surface area contributed by atoms with Crippen molar-refractivity contribution in [3.63, 3.8) is 0 Å². The molecule has 1 aromatic carbocycles. The topological polar surface area (TPSA) is 60.2 Å². The predicted molar refractivity (Wildman–Crippen MR) is 81.3 cm³/mol. The maximum Gasteiger partial charge on any atom is 0.210 e. The van der Waals surface area contributed by atoms with Crippen molar-refractivity contribution >= 4 is 23.6 Å². The standard InChI is InChI=1S/C15H17NO3S/c17-15-8-9-20-11-14(15)13(10-16(18)19)7-6-12-4-2-1-3-5-12/h1-7,13-14H,8-11H2/b7-6+/t13-,14+/m1/s1. The highest BCUT2D eigenvalue weighted by molar-refractivity contribution is 7.99. The molecule has 1 aliphatic heterocycles. The van der Waals surface area contributed by atoms with E-state index in [9.17, 15) is 14.9 Å². The lowest BCUT2D eigenvalue weighted by atomic mass is 9.88. The van der Waals surface area contributed by atoms with E-state index in [-0.39, 0.29) is 29.1 Å². The fourth-order valence-corrected chi connectivity index (χ4v) is 3.52. The minimum atomic E-state index is -0.327. The van der Waals surface area contributed by atoms with Crippen molar-refractivity contribution in [2.24, 2.45) is 11.8 Å². The van der Waals surface area contributed by atoms with Crippen molar-refractivity contribution in [3.8, 4) is 0 Å². The van der Waals surface area contributed by atoms with Crippen LogP contribution >= 0.6 is 11.8 Å². The highest BCUT2D eigenvalue weighted by Crippen LogP contribution is 2.27. The molecule has 106 valence electrons. The number of ketones is 1. The van der Waals surface area contributed by atoms with E-state index in [1.807, 2.05) is 42.5 Å². The van der Waals surface area contributed by atoms with Gasteiger partial charge in [-0.15, -0.1) is 0 Å². The van der Waals surface area contributed by atoms with Crippen LogP contribution in [0, 0.1) is 22.0 Å². The third-order valence-corrected chi connectivity index (χ3v) is 4.50. The fourth-order valence-electron chi connectivity index (χ4n) is 2.32. The van der Waals surface area contributed by atoms with Crippen LogP contribution in [0.1, 0.15) is 12.0 Å². The van der Waals surface area contributed by atoms with Crippen LogP contribution in [0.3, 0.4) is 0 Å². The van der Waals surface area contributed by atoms with Gasteiger partial charge in [0.25, 0.3) is 0 Å². The second-order valence-electron chi connectivity index (χ2n) is 4.85. The first-order chi connectivity index (χ1) is 9.66. The number of hydrogen-bond acceptors (Lipinski definition) is 4. The van der Waals surface area contributed by atoms with Crippen LogP contribution in [0.2, 0.25) is 0 Å². The summed E-state index contributed by atoms with van der Waals surface area (Å²) in [6, 6.07) is 9.65. The Hall–Kier alpha value is -1.62. The molecule has 0 bridgehead atoms. The number of nitrogens with zero attached hydrogens (tertiary/aromatic N) is 1. The van der Waals surface area contributed by atoms with E-state index in [0.717, 1.165) is 11.3 Å². The van der Waals surface area contributed by atoms with E-state index in [1.165, 1.54) is 0 Å². The van der Waals surface area contributed by atoms with Crippen molar-refractivity contribution in [2.75, 3.05) is 18.1 Å². The Morgan fingerprint density at radius 1 is 1.40 bits per heavy atom. The molecule has 0 saturated carbocycles. The van der Waals surface area contributed by atoms with Crippen LogP contribution < -0.4 is 0 Å². The van der Waals surface area contributed by atoms with Crippen molar-refractivity contribution in [2.45, 2.75) is 6.42 Å². The van der Waals surface area contributed by atoms with E-state index >= 15 is 0 Å². The molecule has 0 N–H and O–H groups in total. The average molecular weight is 291 g/mol. The van der Waals surface area contributed by atoms with E-state index < -0.39 is 0 Å². The molecule has 1 aliphatic rings. The Bertz CT molecular complexity index is 501. The molecule has 20 heavy (non-hydrogen) atoms. The van der Waals surface area contributed by atoms with Gasteiger partial charge in [0.2, 0.25) is 6.54 Å². The Morgan fingerprint density at radius 2 is 2.15 bits per heavy atom. The number of nitro groups is 1. The summed E-state index contributed by atoms with van der Waals surface area (Å²) in [5.74, 6) is 1.15. The number of carbonyl (C=O) groups excluding carboxylic acids is 1. The summed E-state index contributed by atoms with van der Waals surface area (Å²) in [6.07, 6.45) is 4.23. The molecule has 1 fully saturated rings. The maximum absolute atomic E-state index is 12.0. The van der Waals surface area contributed by atoms with Gasteiger partial charge in [-0.3, -0.25) is 14.9 Å². The average Bonchev–Trinajstić information content (AvgIpc) is 2.45. The molecular formula is C15H17NO3S. The SMILES string of the molecule is O=C1CCSC[C@H]1[C@H](/C=C/c1ccccc1)C[N+](=O)[O-]. The van der Waals surface area contributed by atoms with Gasteiger partial charge in [-0.1, -0.05) is 42.5 Å². The molecule has 5 heteroatoms. The molecule has 0 spiro atoms. The first kappa shape index (κ1) is 14.8. The third kappa shape index (κ3) is 4.20. The van der Waals surface area contributed by atoms with Crippen LogP contribution in [-0.4, -0.2) is 28.8 Å². The molecule has 0 radical (unpaired) electrons. The van der Waals surface area contributed by atoms with Crippen LogP contribution in [0.4, 0.5) is 0 Å². The number of thioether (sulfide) groups is 1. The van der Waals surface area contributed by atoms with Gasteiger partial charge in [-0.25, -0.2) is 0 Å². The van der Waals surface area contributed by atoms with Crippen molar-refractivity contribution in [3.05, 3.63) is 52.1 Å². The molecule has 4 nitrogen and oxygen atoms in total. The molecule has 2 rings (SSSR count). The van der Waals surface area contributed by atoms with Gasteiger partial charge in [0, 0.05) is 28.8 Å². The van der Waals surface area contributed by atoms with Crippen molar-refractivity contribution in [1.29, 1.82) is 0 Å². The fraction of sp³-hybridized carbons (Fsp3) is 0.400. The molecule has 1 saturated heterocycles. The largest absolute Gasteiger partial charge is 0.299 e. The lowest BCUT2D eigenvalue weighted by Gasteiger charge is -2.24. The number of hydrogen-bond donors (Lipinski definition) is 0. The zero-order valence-corrected chi connectivity index (χ0v) is 11.9. The molecule has 1 heterocycles. The highest BCUT2D eigenvalue weighted by Gasteiger charge is 2.32. The van der Waals surface area contributed by atoms with Crippen LogP contribution in [0.25, 0.3) is 6.08 Å².